The van der Waals surface area contributed by atoms with Gasteiger partial charge in [-0.25, -0.2) is 9.78 Å². The highest BCUT2D eigenvalue weighted by atomic mass is 16.3. The summed E-state index contributed by atoms with van der Waals surface area (Å²) >= 11 is 0. The van der Waals surface area contributed by atoms with Crippen LogP contribution in [0.25, 0.3) is 11.2 Å². The van der Waals surface area contributed by atoms with Gasteiger partial charge in [0.2, 0.25) is 5.91 Å². The number of aliphatic hydroxyl groups excluding tert-OH is 1. The number of hydrogen-bond acceptors (Lipinski definition) is 5. The van der Waals surface area contributed by atoms with Crippen LogP contribution in [-0.2, 0) is 25.4 Å². The number of fused-ring (bicyclic) bond motifs is 1. The first-order valence-electron chi connectivity index (χ1n) is 8.09. The van der Waals surface area contributed by atoms with Crippen LogP contribution >= 0.6 is 0 Å². The molecule has 1 amide bonds. The molecule has 0 aliphatic heterocycles. The summed E-state index contributed by atoms with van der Waals surface area (Å²) in [6.45, 7) is -0.613. The zero-order valence-corrected chi connectivity index (χ0v) is 13.3. The van der Waals surface area contributed by atoms with Crippen LogP contribution in [0.4, 0.5) is 0 Å². The fraction of sp³-hybridized carbons (Fsp3) is 0.571. The van der Waals surface area contributed by atoms with Gasteiger partial charge in [-0.05, 0) is 12.8 Å². The molecule has 0 saturated heterocycles. The second-order valence-corrected chi connectivity index (χ2v) is 5.25. The van der Waals surface area contributed by atoms with Crippen molar-refractivity contribution in [1.82, 2.24) is 23.6 Å². The molecule has 0 radical (unpaired) electrons. The summed E-state index contributed by atoms with van der Waals surface area (Å²) in [6, 6.07) is 0. The van der Waals surface area contributed by atoms with Crippen LogP contribution in [-0.4, -0.2) is 48.4 Å². The van der Waals surface area contributed by atoms with Crippen molar-refractivity contribution in [3.63, 3.8) is 0 Å². The molecule has 2 heterocycles. The van der Waals surface area contributed by atoms with E-state index in [1.54, 1.807) is 7.05 Å². The quantitative estimate of drug-likeness (QED) is 0.687. The van der Waals surface area contributed by atoms with Crippen molar-refractivity contribution in [2.24, 2.45) is 14.1 Å². The van der Waals surface area contributed by atoms with Gasteiger partial charge in [-0.2, -0.15) is 0 Å². The van der Waals surface area contributed by atoms with Crippen molar-refractivity contribution in [1.29, 1.82) is 0 Å². The van der Waals surface area contributed by atoms with Gasteiger partial charge in [-0.1, -0.05) is 0 Å². The second kappa shape index (κ2) is 6.78. The number of hydrogen-bond donors (Lipinski definition) is 1. The molecule has 0 spiro atoms. The standard InChI is InChI=1S/C14H21N5O4/c1-16-8-15-12-11(16)13(22)19(14(23)18(12)3)7-5-4-6-10(21)17(2)9-20/h8,20H,4-7,9H2,1-3H3/i6D2. The lowest BCUT2D eigenvalue weighted by Crippen LogP contribution is -2.39. The van der Waals surface area contributed by atoms with Crippen LogP contribution in [0, 0.1) is 0 Å². The number of aliphatic hydroxyl groups is 1. The Hall–Kier alpha value is -2.42. The van der Waals surface area contributed by atoms with Gasteiger partial charge < -0.3 is 14.6 Å². The zero-order chi connectivity index (χ0) is 18.9. The SMILES string of the molecule is [2H]C([2H])(CCCn1c(=O)c2c(ncn2C)n(C)c1=O)C(=O)N(C)CO. The maximum Gasteiger partial charge on any atom is 0.332 e. The van der Waals surface area contributed by atoms with Gasteiger partial charge >= 0.3 is 5.69 Å². The second-order valence-electron chi connectivity index (χ2n) is 5.25. The van der Waals surface area contributed by atoms with Gasteiger partial charge in [0.1, 0.15) is 6.73 Å². The summed E-state index contributed by atoms with van der Waals surface area (Å²) in [5, 5.41) is 8.92. The molecule has 0 aliphatic rings. The van der Waals surface area contributed by atoms with Crippen LogP contribution < -0.4 is 11.2 Å². The van der Waals surface area contributed by atoms with Gasteiger partial charge in [-0.15, -0.1) is 0 Å². The molecule has 0 atom stereocenters. The Bertz CT molecular complexity index is 914. The number of carbonyl (C=O) groups excluding carboxylic acids is 1. The molecule has 0 aliphatic carbocycles. The van der Waals surface area contributed by atoms with E-state index in [4.69, 9.17) is 7.85 Å². The largest absolute Gasteiger partial charge is 0.376 e. The minimum Gasteiger partial charge on any atom is -0.376 e. The molecule has 0 saturated carbocycles. The highest BCUT2D eigenvalue weighted by Gasteiger charge is 2.14. The van der Waals surface area contributed by atoms with E-state index in [9.17, 15) is 14.4 Å². The maximum atomic E-state index is 12.5. The number of rotatable bonds is 6. The van der Waals surface area contributed by atoms with Gasteiger partial charge in [0.15, 0.2) is 11.2 Å². The molecular formula is C14H21N5O4. The van der Waals surface area contributed by atoms with Gasteiger partial charge in [-0.3, -0.25) is 18.7 Å². The molecule has 9 heteroatoms. The molecule has 2 aromatic heterocycles. The Morgan fingerprint density at radius 2 is 2.09 bits per heavy atom. The highest BCUT2D eigenvalue weighted by molar-refractivity contribution is 5.75. The molecule has 1 N–H and O–H groups in total. The third-order valence-electron chi connectivity index (χ3n) is 3.59. The van der Waals surface area contributed by atoms with Crippen molar-refractivity contribution in [2.75, 3.05) is 13.8 Å². The summed E-state index contributed by atoms with van der Waals surface area (Å²) < 4.78 is 19.4. The molecule has 0 fully saturated rings. The minimum atomic E-state index is -2.19. The Morgan fingerprint density at radius 1 is 1.39 bits per heavy atom. The van der Waals surface area contributed by atoms with Crippen molar-refractivity contribution in [2.45, 2.75) is 25.8 Å². The summed E-state index contributed by atoms with van der Waals surface area (Å²) in [5.41, 5.74) is -0.488. The van der Waals surface area contributed by atoms with E-state index in [2.05, 4.69) is 4.98 Å². The van der Waals surface area contributed by atoms with Crippen molar-refractivity contribution in [3.05, 3.63) is 27.2 Å². The third-order valence-corrected chi connectivity index (χ3v) is 3.59. The van der Waals surface area contributed by atoms with Crippen molar-refractivity contribution < 1.29 is 12.6 Å². The minimum absolute atomic E-state index is 0.0255. The number of aryl methyl sites for hydroxylation is 2. The summed E-state index contributed by atoms with van der Waals surface area (Å²) in [5.74, 6) is -0.850. The van der Waals surface area contributed by atoms with E-state index >= 15 is 0 Å². The number of imidazole rings is 1. The average Bonchev–Trinajstić information content (AvgIpc) is 2.96. The molecule has 0 aromatic carbocycles. The Kier molecular flexibility index (Phi) is 4.18. The topological polar surface area (TPSA) is 102 Å². The number of carbonyl (C=O) groups is 1. The van der Waals surface area contributed by atoms with Crippen LogP contribution in [0.15, 0.2) is 15.9 Å². The lowest BCUT2D eigenvalue weighted by molar-refractivity contribution is -0.133. The highest BCUT2D eigenvalue weighted by Crippen LogP contribution is 2.04. The molecular weight excluding hydrogens is 302 g/mol. The van der Waals surface area contributed by atoms with Gasteiger partial charge in [0, 0.05) is 36.8 Å². The Morgan fingerprint density at radius 3 is 2.74 bits per heavy atom. The van der Waals surface area contributed by atoms with Gasteiger partial charge in [0.05, 0.1) is 6.33 Å². The van der Waals surface area contributed by atoms with Crippen molar-refractivity contribution in [3.8, 4) is 0 Å². The predicted octanol–water partition coefficient (Wildman–Crippen LogP) is -0.988. The number of nitrogens with zero attached hydrogens (tertiary/aromatic N) is 5. The van der Waals surface area contributed by atoms with E-state index in [0.717, 1.165) is 9.47 Å². The number of amides is 1. The fourth-order valence-corrected chi connectivity index (χ4v) is 2.23. The Labute approximate surface area is 135 Å². The van der Waals surface area contributed by atoms with Crippen molar-refractivity contribution >= 4 is 17.1 Å². The summed E-state index contributed by atoms with van der Waals surface area (Å²) in [4.78, 5) is 41.6. The van der Waals surface area contributed by atoms with E-state index in [-0.39, 0.29) is 30.6 Å². The normalized spacial score (nSPS) is 13.0. The molecule has 23 heavy (non-hydrogen) atoms. The molecule has 126 valence electrons. The van der Waals surface area contributed by atoms with E-state index in [0.29, 0.717) is 0 Å². The smallest absolute Gasteiger partial charge is 0.332 e. The first-order valence-corrected chi connectivity index (χ1v) is 7.09. The van der Waals surface area contributed by atoms with E-state index < -0.39 is 30.3 Å². The molecule has 2 rings (SSSR count). The molecule has 2 aromatic rings. The van der Waals surface area contributed by atoms with E-state index in [1.165, 1.54) is 29.6 Å². The summed E-state index contributed by atoms with van der Waals surface area (Å²) in [6.07, 6.45) is -0.827. The lowest BCUT2D eigenvalue weighted by atomic mass is 10.2. The molecule has 0 unspecified atom stereocenters. The first-order chi connectivity index (χ1) is 11.6. The zero-order valence-electron chi connectivity index (χ0n) is 15.3. The molecule has 9 nitrogen and oxygen atoms in total. The van der Waals surface area contributed by atoms with Gasteiger partial charge in [0.25, 0.3) is 5.56 Å². The monoisotopic (exact) mass is 325 g/mol. The average molecular weight is 325 g/mol. The maximum absolute atomic E-state index is 12.5. The predicted molar refractivity (Wildman–Crippen MR) is 83.9 cm³/mol. The van der Waals surface area contributed by atoms with Crippen LogP contribution in [0.2, 0.25) is 0 Å². The first kappa shape index (κ1) is 14.2. The summed E-state index contributed by atoms with van der Waals surface area (Å²) in [7, 11) is 4.44. The van der Waals surface area contributed by atoms with Crippen LogP contribution in [0.5, 0.6) is 0 Å². The van der Waals surface area contributed by atoms with Crippen LogP contribution in [0.3, 0.4) is 0 Å². The van der Waals surface area contributed by atoms with Crippen LogP contribution in [0.1, 0.15) is 22.0 Å². The molecule has 0 bridgehead atoms. The fourth-order valence-electron chi connectivity index (χ4n) is 2.23. The van der Waals surface area contributed by atoms with E-state index in [1.807, 2.05) is 0 Å². The Balaban J connectivity index is 2.25. The third kappa shape index (κ3) is 3.19. The lowest BCUT2D eigenvalue weighted by Gasteiger charge is -2.13. The number of aromatic nitrogens is 4.